The first-order chi connectivity index (χ1) is 9.21. The average molecular weight is 259 g/mol. The van der Waals surface area contributed by atoms with Gasteiger partial charge < -0.3 is 14.6 Å². The van der Waals surface area contributed by atoms with Gasteiger partial charge in [0.1, 0.15) is 0 Å². The van der Waals surface area contributed by atoms with Gasteiger partial charge in [0.2, 0.25) is 6.79 Å². The molecule has 3 rings (SSSR count). The number of ether oxygens (including phenoxy) is 2. The van der Waals surface area contributed by atoms with Crippen LogP contribution in [0.15, 0.2) is 18.2 Å². The van der Waals surface area contributed by atoms with Gasteiger partial charge in [-0.05, 0) is 30.5 Å². The summed E-state index contributed by atoms with van der Waals surface area (Å²) in [4.78, 5) is 2.18. The number of hydrogen-bond donors (Lipinski definition) is 1. The molecule has 0 amide bonds. The van der Waals surface area contributed by atoms with E-state index in [-0.39, 0.29) is 6.79 Å². The predicted molar refractivity (Wildman–Crippen MR) is 71.0 cm³/mol. The highest BCUT2D eigenvalue weighted by atomic mass is 16.7. The molecule has 0 aromatic heterocycles. The Kier molecular flexibility index (Phi) is 3.09. The van der Waals surface area contributed by atoms with Gasteiger partial charge in [0.15, 0.2) is 11.5 Å². The normalized spacial score (nSPS) is 21.1. The third-order valence-electron chi connectivity index (χ3n) is 3.91. The summed E-state index contributed by atoms with van der Waals surface area (Å²) in [6.07, 6.45) is 6.69. The van der Waals surface area contributed by atoms with Crippen LogP contribution >= 0.6 is 0 Å². The van der Waals surface area contributed by atoms with Crippen molar-refractivity contribution in [2.75, 3.05) is 26.4 Å². The topological polar surface area (TPSA) is 41.9 Å². The minimum atomic E-state index is -0.786. The smallest absolute Gasteiger partial charge is 0.231 e. The second kappa shape index (κ2) is 4.76. The van der Waals surface area contributed by atoms with Crippen LogP contribution in [0.5, 0.6) is 11.5 Å². The largest absolute Gasteiger partial charge is 0.454 e. The summed E-state index contributed by atoms with van der Waals surface area (Å²) < 4.78 is 10.7. The fraction of sp³-hybridized carbons (Fsp3) is 0.467. The summed E-state index contributed by atoms with van der Waals surface area (Å²) in [7, 11) is 0. The molecule has 2 heterocycles. The molecule has 4 heteroatoms. The second-order valence-electron chi connectivity index (χ2n) is 5.08. The summed E-state index contributed by atoms with van der Waals surface area (Å²) >= 11 is 0. The molecular formula is C15H17NO3. The first kappa shape index (κ1) is 12.3. The van der Waals surface area contributed by atoms with Crippen LogP contribution in [0.25, 0.3) is 0 Å². The molecule has 1 aromatic rings. The maximum absolute atomic E-state index is 10.8. The van der Waals surface area contributed by atoms with E-state index < -0.39 is 5.60 Å². The van der Waals surface area contributed by atoms with E-state index in [0.717, 1.165) is 30.2 Å². The Balaban J connectivity index is 1.77. The van der Waals surface area contributed by atoms with Crippen LogP contribution in [0, 0.1) is 12.3 Å². The van der Waals surface area contributed by atoms with E-state index in [0.29, 0.717) is 19.4 Å². The van der Waals surface area contributed by atoms with Gasteiger partial charge >= 0.3 is 0 Å². The molecule has 0 aliphatic carbocycles. The standard InChI is InChI=1S/C15H17NO3/c1-2-7-16-8-5-15(17,6-9-16)12-3-4-13-14(10-12)19-11-18-13/h1,3-4,10,17H,5-9,11H2. The first-order valence-electron chi connectivity index (χ1n) is 6.50. The third-order valence-corrected chi connectivity index (χ3v) is 3.91. The molecule has 1 aromatic carbocycles. The van der Waals surface area contributed by atoms with Crippen molar-refractivity contribution in [2.45, 2.75) is 18.4 Å². The van der Waals surface area contributed by atoms with Gasteiger partial charge in [-0.2, -0.15) is 0 Å². The zero-order chi connectivity index (χ0) is 13.3. The minimum absolute atomic E-state index is 0.257. The number of piperidine rings is 1. The molecule has 0 saturated carbocycles. The molecule has 2 aliphatic heterocycles. The zero-order valence-electron chi connectivity index (χ0n) is 10.8. The van der Waals surface area contributed by atoms with Crippen LogP contribution in [0.4, 0.5) is 0 Å². The number of likely N-dealkylation sites (tertiary alicyclic amines) is 1. The lowest BCUT2D eigenvalue weighted by Gasteiger charge is -2.37. The van der Waals surface area contributed by atoms with Gasteiger partial charge in [0.05, 0.1) is 12.1 Å². The van der Waals surface area contributed by atoms with Crippen molar-refractivity contribution in [3.05, 3.63) is 23.8 Å². The molecule has 0 spiro atoms. The number of benzene rings is 1. The molecule has 0 unspecified atom stereocenters. The SMILES string of the molecule is C#CCN1CCC(O)(c2ccc3c(c2)OCO3)CC1. The van der Waals surface area contributed by atoms with E-state index in [9.17, 15) is 5.11 Å². The Morgan fingerprint density at radius 2 is 2.00 bits per heavy atom. The maximum atomic E-state index is 10.8. The summed E-state index contributed by atoms with van der Waals surface area (Å²) in [6.45, 7) is 2.54. The number of terminal acetylenes is 1. The van der Waals surface area contributed by atoms with E-state index in [4.69, 9.17) is 15.9 Å². The highest BCUT2D eigenvalue weighted by Gasteiger charge is 2.34. The summed E-state index contributed by atoms with van der Waals surface area (Å²) in [6, 6.07) is 5.67. The Morgan fingerprint density at radius 3 is 2.74 bits per heavy atom. The van der Waals surface area contributed by atoms with E-state index in [1.54, 1.807) is 0 Å². The van der Waals surface area contributed by atoms with Gasteiger partial charge in [-0.1, -0.05) is 12.0 Å². The first-order valence-corrected chi connectivity index (χ1v) is 6.50. The van der Waals surface area contributed by atoms with Gasteiger partial charge in [-0.3, -0.25) is 4.90 Å². The summed E-state index contributed by atoms with van der Waals surface area (Å²) in [5.41, 5.74) is 0.114. The van der Waals surface area contributed by atoms with Crippen molar-refractivity contribution in [1.29, 1.82) is 0 Å². The molecule has 1 fully saturated rings. The lowest BCUT2D eigenvalue weighted by molar-refractivity contribution is -0.0231. The van der Waals surface area contributed by atoms with Gasteiger partial charge in [0, 0.05) is 13.1 Å². The number of nitrogens with zero attached hydrogens (tertiary/aromatic N) is 1. The predicted octanol–water partition coefficient (Wildman–Crippen LogP) is 1.33. The van der Waals surface area contributed by atoms with Crippen molar-refractivity contribution in [2.24, 2.45) is 0 Å². The number of fused-ring (bicyclic) bond motifs is 1. The molecule has 0 radical (unpaired) electrons. The lowest BCUT2D eigenvalue weighted by Crippen LogP contribution is -2.42. The van der Waals surface area contributed by atoms with Crippen molar-refractivity contribution >= 4 is 0 Å². The van der Waals surface area contributed by atoms with E-state index in [2.05, 4.69) is 10.8 Å². The summed E-state index contributed by atoms with van der Waals surface area (Å²) in [5.74, 6) is 4.11. The molecule has 4 nitrogen and oxygen atoms in total. The van der Waals surface area contributed by atoms with Crippen molar-refractivity contribution in [3.63, 3.8) is 0 Å². The van der Waals surface area contributed by atoms with Crippen LogP contribution in [-0.2, 0) is 5.60 Å². The molecule has 1 saturated heterocycles. The van der Waals surface area contributed by atoms with E-state index in [1.165, 1.54) is 0 Å². The van der Waals surface area contributed by atoms with Crippen LogP contribution in [0.1, 0.15) is 18.4 Å². The van der Waals surface area contributed by atoms with E-state index >= 15 is 0 Å². The molecule has 2 aliphatic rings. The number of rotatable bonds is 2. The molecule has 100 valence electrons. The van der Waals surface area contributed by atoms with Crippen LogP contribution in [0.2, 0.25) is 0 Å². The molecule has 0 bridgehead atoms. The highest BCUT2D eigenvalue weighted by Crippen LogP contribution is 2.39. The maximum Gasteiger partial charge on any atom is 0.231 e. The van der Waals surface area contributed by atoms with Crippen molar-refractivity contribution in [1.82, 2.24) is 4.90 Å². The van der Waals surface area contributed by atoms with Crippen molar-refractivity contribution in [3.8, 4) is 23.8 Å². The highest BCUT2D eigenvalue weighted by molar-refractivity contribution is 5.46. The van der Waals surface area contributed by atoms with Crippen LogP contribution in [-0.4, -0.2) is 36.4 Å². The average Bonchev–Trinajstić information content (AvgIpc) is 2.89. The monoisotopic (exact) mass is 259 g/mol. The second-order valence-corrected chi connectivity index (χ2v) is 5.08. The Bertz CT molecular complexity index is 513. The number of hydrogen-bond acceptors (Lipinski definition) is 4. The minimum Gasteiger partial charge on any atom is -0.454 e. The molecular weight excluding hydrogens is 242 g/mol. The fourth-order valence-electron chi connectivity index (χ4n) is 2.68. The van der Waals surface area contributed by atoms with E-state index in [1.807, 2.05) is 18.2 Å². The van der Waals surface area contributed by atoms with Crippen LogP contribution in [0.3, 0.4) is 0 Å². The fourth-order valence-corrected chi connectivity index (χ4v) is 2.68. The molecule has 19 heavy (non-hydrogen) atoms. The third kappa shape index (κ3) is 2.27. The lowest BCUT2D eigenvalue weighted by atomic mass is 9.84. The summed E-state index contributed by atoms with van der Waals surface area (Å²) in [5, 5.41) is 10.8. The molecule has 0 atom stereocenters. The van der Waals surface area contributed by atoms with Crippen LogP contribution < -0.4 is 9.47 Å². The Morgan fingerprint density at radius 1 is 1.26 bits per heavy atom. The number of aliphatic hydroxyl groups is 1. The molecule has 1 N–H and O–H groups in total. The van der Waals surface area contributed by atoms with Gasteiger partial charge in [-0.25, -0.2) is 0 Å². The van der Waals surface area contributed by atoms with Gasteiger partial charge in [0.25, 0.3) is 0 Å². The quantitative estimate of drug-likeness (QED) is 0.814. The van der Waals surface area contributed by atoms with Gasteiger partial charge in [-0.15, -0.1) is 6.42 Å². The Hall–Kier alpha value is -1.70. The zero-order valence-corrected chi connectivity index (χ0v) is 10.8. The Labute approximate surface area is 112 Å². The van der Waals surface area contributed by atoms with Crippen molar-refractivity contribution < 1.29 is 14.6 Å².